The minimum Gasteiger partial charge on any atom is -0.475 e. The minimum atomic E-state index is -1.09. The van der Waals surface area contributed by atoms with E-state index >= 15 is 0 Å². The number of hydrogen-bond acceptors (Lipinski definition) is 3. The zero-order valence-corrected chi connectivity index (χ0v) is 11.0. The molecule has 0 aliphatic heterocycles. The van der Waals surface area contributed by atoms with Crippen molar-refractivity contribution < 1.29 is 18.7 Å². The van der Waals surface area contributed by atoms with Crippen LogP contribution in [-0.4, -0.2) is 11.1 Å². The molecule has 0 spiro atoms. The van der Waals surface area contributed by atoms with Crippen LogP contribution in [0, 0.1) is 5.82 Å². The Morgan fingerprint density at radius 2 is 1.90 bits per heavy atom. The molecule has 0 saturated heterocycles. The summed E-state index contributed by atoms with van der Waals surface area (Å²) in [6, 6.07) is 13.1. The topological polar surface area (TPSA) is 62.5 Å². The molecule has 2 aromatic carbocycles. The van der Waals surface area contributed by atoms with Crippen molar-refractivity contribution in [3.8, 4) is 0 Å². The van der Waals surface area contributed by atoms with E-state index in [-0.39, 0.29) is 11.6 Å². The summed E-state index contributed by atoms with van der Waals surface area (Å²) in [5.41, 5.74) is 2.33. The highest BCUT2D eigenvalue weighted by Crippen LogP contribution is 2.21. The molecule has 106 valence electrons. The Labute approximate surface area is 119 Å². The summed E-state index contributed by atoms with van der Waals surface area (Å²) in [6.07, 6.45) is 0. The molecule has 1 heterocycles. The lowest BCUT2D eigenvalue weighted by molar-refractivity contribution is 0.0665. The number of carboxylic acid groups (broad SMARTS) is 1. The average Bonchev–Trinajstić information content (AvgIpc) is 2.90. The molecule has 3 rings (SSSR count). The molecule has 0 atom stereocenters. The van der Waals surface area contributed by atoms with Crippen LogP contribution < -0.4 is 5.32 Å². The van der Waals surface area contributed by atoms with Crippen molar-refractivity contribution in [1.82, 2.24) is 0 Å². The Hall–Kier alpha value is -2.82. The fourth-order valence-electron chi connectivity index (χ4n) is 2.08. The molecule has 0 bridgehead atoms. The quantitative estimate of drug-likeness (QED) is 0.763. The number of aromatic carboxylic acids is 1. The number of carboxylic acids is 1. The maximum Gasteiger partial charge on any atom is 0.371 e. The van der Waals surface area contributed by atoms with Gasteiger partial charge in [0, 0.05) is 17.6 Å². The lowest BCUT2D eigenvalue weighted by atomic mass is 10.1. The van der Waals surface area contributed by atoms with Gasteiger partial charge >= 0.3 is 5.97 Å². The Balaban J connectivity index is 1.77. The molecule has 1 aromatic heterocycles. The fourth-order valence-corrected chi connectivity index (χ4v) is 2.08. The lowest BCUT2D eigenvalue weighted by Crippen LogP contribution is -1.98. The molecular formula is C16H12FNO3. The molecule has 5 heteroatoms. The Kier molecular flexibility index (Phi) is 3.31. The predicted molar refractivity (Wildman–Crippen MR) is 76.9 cm³/mol. The number of halogens is 1. The highest BCUT2D eigenvalue weighted by molar-refractivity contribution is 5.91. The smallest absolute Gasteiger partial charge is 0.371 e. The molecule has 0 saturated carbocycles. The molecule has 4 nitrogen and oxygen atoms in total. The second-order valence-electron chi connectivity index (χ2n) is 4.65. The summed E-state index contributed by atoms with van der Waals surface area (Å²) >= 11 is 0. The van der Waals surface area contributed by atoms with Gasteiger partial charge in [-0.15, -0.1) is 0 Å². The number of anilines is 1. The number of nitrogens with one attached hydrogen (secondary N) is 1. The van der Waals surface area contributed by atoms with Crippen LogP contribution >= 0.6 is 0 Å². The van der Waals surface area contributed by atoms with Crippen molar-refractivity contribution in [1.29, 1.82) is 0 Å². The SMILES string of the molecule is O=C(O)c1cc2cc(CNc3ccc(F)cc3)ccc2o1. The lowest BCUT2D eigenvalue weighted by Gasteiger charge is -2.06. The molecule has 0 unspecified atom stereocenters. The highest BCUT2D eigenvalue weighted by Gasteiger charge is 2.10. The predicted octanol–water partition coefficient (Wildman–Crippen LogP) is 3.88. The van der Waals surface area contributed by atoms with Gasteiger partial charge in [0.25, 0.3) is 0 Å². The first-order valence-corrected chi connectivity index (χ1v) is 6.37. The molecule has 0 aliphatic carbocycles. The zero-order valence-electron chi connectivity index (χ0n) is 11.0. The molecule has 0 fully saturated rings. The summed E-state index contributed by atoms with van der Waals surface area (Å²) < 4.78 is 18.0. The van der Waals surface area contributed by atoms with Crippen molar-refractivity contribution in [2.24, 2.45) is 0 Å². The van der Waals surface area contributed by atoms with E-state index in [1.165, 1.54) is 18.2 Å². The van der Waals surface area contributed by atoms with Gasteiger partial charge in [-0.25, -0.2) is 9.18 Å². The molecule has 0 aliphatic rings. The minimum absolute atomic E-state index is 0.0753. The number of rotatable bonds is 4. The zero-order chi connectivity index (χ0) is 14.8. The van der Waals surface area contributed by atoms with Crippen molar-refractivity contribution in [2.45, 2.75) is 6.54 Å². The van der Waals surface area contributed by atoms with Gasteiger partial charge in [0.15, 0.2) is 0 Å². The molecule has 3 aromatic rings. The third-order valence-corrected chi connectivity index (χ3v) is 3.13. The highest BCUT2D eigenvalue weighted by atomic mass is 19.1. The normalized spacial score (nSPS) is 10.7. The van der Waals surface area contributed by atoms with Crippen LogP contribution in [0.4, 0.5) is 10.1 Å². The van der Waals surface area contributed by atoms with Crippen molar-refractivity contribution in [3.05, 3.63) is 65.7 Å². The third-order valence-electron chi connectivity index (χ3n) is 3.13. The van der Waals surface area contributed by atoms with Crippen molar-refractivity contribution in [2.75, 3.05) is 5.32 Å². The van der Waals surface area contributed by atoms with Crippen molar-refractivity contribution in [3.63, 3.8) is 0 Å². The molecular weight excluding hydrogens is 273 g/mol. The Morgan fingerprint density at radius 1 is 1.14 bits per heavy atom. The van der Waals surface area contributed by atoms with Gasteiger partial charge in [-0.2, -0.15) is 0 Å². The van der Waals surface area contributed by atoms with E-state index in [4.69, 9.17) is 9.52 Å². The van der Waals surface area contributed by atoms with E-state index in [0.29, 0.717) is 12.1 Å². The van der Waals surface area contributed by atoms with Gasteiger partial charge in [0.2, 0.25) is 5.76 Å². The largest absolute Gasteiger partial charge is 0.475 e. The number of fused-ring (bicyclic) bond motifs is 1. The van der Waals surface area contributed by atoms with Crippen molar-refractivity contribution >= 4 is 22.6 Å². The number of hydrogen-bond donors (Lipinski definition) is 2. The monoisotopic (exact) mass is 285 g/mol. The Morgan fingerprint density at radius 3 is 2.62 bits per heavy atom. The Bertz CT molecular complexity index is 793. The van der Waals surface area contributed by atoms with Gasteiger partial charge in [0.1, 0.15) is 11.4 Å². The summed E-state index contributed by atoms with van der Waals surface area (Å²) in [5.74, 6) is -1.44. The first-order valence-electron chi connectivity index (χ1n) is 6.37. The first-order chi connectivity index (χ1) is 10.1. The van der Waals surface area contributed by atoms with Crippen LogP contribution in [0.3, 0.4) is 0 Å². The van der Waals surface area contributed by atoms with Crippen LogP contribution in [0.25, 0.3) is 11.0 Å². The van der Waals surface area contributed by atoms with Crippen LogP contribution in [0.1, 0.15) is 16.1 Å². The maximum absolute atomic E-state index is 12.8. The number of benzene rings is 2. The van der Waals surface area contributed by atoms with Gasteiger partial charge < -0.3 is 14.8 Å². The summed E-state index contributed by atoms with van der Waals surface area (Å²) in [4.78, 5) is 10.9. The van der Waals surface area contributed by atoms with E-state index in [1.54, 1.807) is 18.2 Å². The maximum atomic E-state index is 12.8. The standard InChI is InChI=1S/C16H12FNO3/c17-12-2-4-13(5-3-12)18-9-10-1-6-14-11(7-10)8-15(21-14)16(19)20/h1-8,18H,9H2,(H,19,20). The fraction of sp³-hybridized carbons (Fsp3) is 0.0625. The van der Waals surface area contributed by atoms with E-state index in [9.17, 15) is 9.18 Å². The van der Waals surface area contributed by atoms with Crippen LogP contribution in [-0.2, 0) is 6.54 Å². The molecule has 21 heavy (non-hydrogen) atoms. The molecule has 0 amide bonds. The van der Waals surface area contributed by atoms with Gasteiger partial charge in [-0.05, 0) is 48.0 Å². The van der Waals surface area contributed by atoms with E-state index < -0.39 is 5.97 Å². The van der Waals surface area contributed by atoms with Gasteiger partial charge in [-0.3, -0.25) is 0 Å². The summed E-state index contributed by atoms with van der Waals surface area (Å²) in [6.45, 7) is 0.551. The van der Waals surface area contributed by atoms with Gasteiger partial charge in [0.05, 0.1) is 0 Å². The van der Waals surface area contributed by atoms with Crippen LogP contribution in [0.15, 0.2) is 52.9 Å². The van der Waals surface area contributed by atoms with Crippen LogP contribution in [0.5, 0.6) is 0 Å². The average molecular weight is 285 g/mol. The van der Waals surface area contributed by atoms with Gasteiger partial charge in [-0.1, -0.05) is 6.07 Å². The van der Waals surface area contributed by atoms with E-state index in [2.05, 4.69) is 5.32 Å². The van der Waals surface area contributed by atoms with E-state index in [0.717, 1.165) is 16.6 Å². The summed E-state index contributed by atoms with van der Waals surface area (Å²) in [7, 11) is 0. The summed E-state index contributed by atoms with van der Waals surface area (Å²) in [5, 5.41) is 12.8. The second kappa shape index (κ2) is 5.28. The second-order valence-corrected chi connectivity index (χ2v) is 4.65. The molecule has 2 N–H and O–H groups in total. The third kappa shape index (κ3) is 2.86. The van der Waals surface area contributed by atoms with E-state index in [1.807, 2.05) is 12.1 Å². The molecule has 0 radical (unpaired) electrons. The number of furan rings is 1. The van der Waals surface area contributed by atoms with Crippen LogP contribution in [0.2, 0.25) is 0 Å². The first kappa shape index (κ1) is 13.2. The number of carbonyl (C=O) groups is 1.